The first-order valence-corrected chi connectivity index (χ1v) is 4.99. The van der Waals surface area contributed by atoms with Crippen LogP contribution >= 0.6 is 0 Å². The Kier molecular flexibility index (Phi) is 4.33. The van der Waals surface area contributed by atoms with Crippen molar-refractivity contribution in [2.45, 2.75) is 32.8 Å². The van der Waals surface area contributed by atoms with Crippen LogP contribution in [-0.4, -0.2) is 5.11 Å². The summed E-state index contributed by atoms with van der Waals surface area (Å²) in [5.74, 6) is 5.36. The molecule has 2 heteroatoms. The van der Waals surface area contributed by atoms with E-state index in [2.05, 4.69) is 11.8 Å². The van der Waals surface area contributed by atoms with Crippen LogP contribution in [0.4, 0.5) is 4.39 Å². The third kappa shape index (κ3) is 3.38. The maximum absolute atomic E-state index is 13.2. The second-order valence-electron chi connectivity index (χ2n) is 3.49. The summed E-state index contributed by atoms with van der Waals surface area (Å²) in [7, 11) is 0. The second kappa shape index (κ2) is 5.53. The Morgan fingerprint density at radius 3 is 2.80 bits per heavy atom. The van der Waals surface area contributed by atoms with Gasteiger partial charge in [0.15, 0.2) is 0 Å². The lowest BCUT2D eigenvalue weighted by atomic mass is 10.0. The zero-order chi connectivity index (χ0) is 11.3. The molecule has 1 aromatic rings. The highest BCUT2D eigenvalue weighted by Gasteiger charge is 2.08. The Morgan fingerprint density at radius 2 is 2.20 bits per heavy atom. The summed E-state index contributed by atoms with van der Waals surface area (Å²) in [4.78, 5) is 0. The summed E-state index contributed by atoms with van der Waals surface area (Å²) in [5.41, 5.74) is 1.22. The zero-order valence-electron chi connectivity index (χ0n) is 9.05. The van der Waals surface area contributed by atoms with Crippen LogP contribution < -0.4 is 0 Å². The van der Waals surface area contributed by atoms with Crippen molar-refractivity contribution in [3.8, 4) is 11.8 Å². The van der Waals surface area contributed by atoms with Crippen LogP contribution in [0.15, 0.2) is 18.2 Å². The van der Waals surface area contributed by atoms with Gasteiger partial charge in [0, 0.05) is 6.42 Å². The predicted octanol–water partition coefficient (Wildman–Crippen LogP) is 2.97. The van der Waals surface area contributed by atoms with Crippen LogP contribution in [0.1, 0.15) is 37.0 Å². The lowest BCUT2D eigenvalue weighted by Crippen LogP contribution is -1.98. The molecule has 15 heavy (non-hydrogen) atoms. The fourth-order valence-corrected chi connectivity index (χ4v) is 1.32. The van der Waals surface area contributed by atoms with Crippen molar-refractivity contribution in [3.63, 3.8) is 0 Å². The van der Waals surface area contributed by atoms with Gasteiger partial charge in [-0.05, 0) is 37.5 Å². The minimum atomic E-state index is -0.624. The molecule has 1 N–H and O–H groups in total. The molecule has 1 rings (SSSR count). The maximum Gasteiger partial charge on any atom is 0.126 e. The quantitative estimate of drug-likeness (QED) is 0.754. The molecule has 0 spiro atoms. The lowest BCUT2D eigenvalue weighted by molar-refractivity contribution is 0.169. The van der Waals surface area contributed by atoms with E-state index in [4.69, 9.17) is 0 Å². The molecule has 0 heterocycles. The maximum atomic E-state index is 13.2. The van der Waals surface area contributed by atoms with E-state index < -0.39 is 6.10 Å². The van der Waals surface area contributed by atoms with Gasteiger partial charge in [0.1, 0.15) is 5.82 Å². The molecule has 0 amide bonds. The molecule has 0 aliphatic carbocycles. The molecule has 0 radical (unpaired) electrons. The molecular weight excluding hydrogens is 191 g/mol. The van der Waals surface area contributed by atoms with Gasteiger partial charge in [0.25, 0.3) is 0 Å². The Hall–Kier alpha value is -1.33. The van der Waals surface area contributed by atoms with E-state index in [0.717, 1.165) is 0 Å². The van der Waals surface area contributed by atoms with Crippen LogP contribution in [0, 0.1) is 24.6 Å². The second-order valence-corrected chi connectivity index (χ2v) is 3.49. The van der Waals surface area contributed by atoms with Gasteiger partial charge >= 0.3 is 0 Å². The number of aliphatic hydroxyl groups is 1. The Balaban J connectivity index is 2.68. The molecular formula is C13H15FO. The van der Waals surface area contributed by atoms with Gasteiger partial charge in [-0.15, -0.1) is 11.8 Å². The van der Waals surface area contributed by atoms with E-state index in [1.165, 1.54) is 6.07 Å². The van der Waals surface area contributed by atoms with Crippen molar-refractivity contribution in [3.05, 3.63) is 35.1 Å². The predicted molar refractivity (Wildman–Crippen MR) is 58.8 cm³/mol. The molecule has 0 saturated heterocycles. The van der Waals surface area contributed by atoms with Gasteiger partial charge < -0.3 is 5.11 Å². The largest absolute Gasteiger partial charge is 0.388 e. The third-order valence-electron chi connectivity index (χ3n) is 2.30. The molecule has 0 aromatic heterocycles. The van der Waals surface area contributed by atoms with E-state index in [1.807, 2.05) is 0 Å². The Bertz CT molecular complexity index is 387. The van der Waals surface area contributed by atoms with Gasteiger partial charge in [-0.1, -0.05) is 12.1 Å². The number of halogens is 1. The number of hydrogen-bond donors (Lipinski definition) is 1. The van der Waals surface area contributed by atoms with Crippen LogP contribution in [0.3, 0.4) is 0 Å². The molecule has 1 aromatic carbocycles. The number of aliphatic hydroxyl groups excluding tert-OH is 1. The zero-order valence-corrected chi connectivity index (χ0v) is 9.05. The highest BCUT2D eigenvalue weighted by molar-refractivity contribution is 5.25. The average Bonchev–Trinajstić information content (AvgIpc) is 2.22. The topological polar surface area (TPSA) is 20.2 Å². The fourth-order valence-electron chi connectivity index (χ4n) is 1.32. The first-order chi connectivity index (χ1) is 7.15. The first-order valence-electron chi connectivity index (χ1n) is 4.99. The van der Waals surface area contributed by atoms with E-state index >= 15 is 0 Å². The normalized spacial score (nSPS) is 11.7. The minimum absolute atomic E-state index is 0.270. The summed E-state index contributed by atoms with van der Waals surface area (Å²) in [6, 6.07) is 4.82. The van der Waals surface area contributed by atoms with Crippen molar-refractivity contribution < 1.29 is 9.50 Å². The number of aryl methyl sites for hydroxylation is 1. The summed E-state index contributed by atoms with van der Waals surface area (Å²) < 4.78 is 13.2. The van der Waals surface area contributed by atoms with Gasteiger partial charge in [-0.25, -0.2) is 4.39 Å². The van der Waals surface area contributed by atoms with Gasteiger partial charge in [-0.2, -0.15) is 0 Å². The van der Waals surface area contributed by atoms with E-state index in [1.54, 1.807) is 26.0 Å². The molecule has 0 fully saturated rings. The molecule has 1 atom stereocenters. The van der Waals surface area contributed by atoms with Gasteiger partial charge in [-0.3, -0.25) is 0 Å². The average molecular weight is 206 g/mol. The molecule has 1 nitrogen and oxygen atoms in total. The summed E-state index contributed by atoms with van der Waals surface area (Å²) in [5, 5.41) is 9.73. The molecule has 0 bridgehead atoms. The lowest BCUT2D eigenvalue weighted by Gasteiger charge is -2.09. The van der Waals surface area contributed by atoms with Crippen LogP contribution in [0.2, 0.25) is 0 Å². The highest BCUT2D eigenvalue weighted by atomic mass is 19.1. The monoisotopic (exact) mass is 206 g/mol. The summed E-state index contributed by atoms with van der Waals surface area (Å²) in [6.45, 7) is 3.46. The summed E-state index contributed by atoms with van der Waals surface area (Å²) >= 11 is 0. The smallest absolute Gasteiger partial charge is 0.126 e. The summed E-state index contributed by atoms with van der Waals surface area (Å²) in [6.07, 6.45) is 0.553. The highest BCUT2D eigenvalue weighted by Crippen LogP contribution is 2.20. The van der Waals surface area contributed by atoms with Crippen molar-refractivity contribution >= 4 is 0 Å². The van der Waals surface area contributed by atoms with E-state index in [9.17, 15) is 9.50 Å². The molecule has 1 unspecified atom stereocenters. The van der Waals surface area contributed by atoms with Crippen LogP contribution in [-0.2, 0) is 0 Å². The van der Waals surface area contributed by atoms with Crippen LogP contribution in [0.5, 0.6) is 0 Å². The van der Waals surface area contributed by atoms with Crippen molar-refractivity contribution in [2.24, 2.45) is 0 Å². The van der Waals surface area contributed by atoms with Crippen molar-refractivity contribution in [1.29, 1.82) is 0 Å². The number of rotatable bonds is 3. The van der Waals surface area contributed by atoms with E-state index in [-0.39, 0.29) is 5.82 Å². The fraction of sp³-hybridized carbons (Fsp3) is 0.385. The van der Waals surface area contributed by atoms with Crippen molar-refractivity contribution in [1.82, 2.24) is 0 Å². The van der Waals surface area contributed by atoms with Crippen LogP contribution in [0.25, 0.3) is 0 Å². The van der Waals surface area contributed by atoms with Gasteiger partial charge in [0.2, 0.25) is 0 Å². The first kappa shape index (κ1) is 11.7. The Labute approximate surface area is 89.9 Å². The molecule has 0 aliphatic heterocycles. The number of hydrogen-bond acceptors (Lipinski definition) is 1. The Morgan fingerprint density at radius 1 is 1.47 bits per heavy atom. The SMILES string of the molecule is CC#CCCC(O)c1ccc(C)c(F)c1. The molecule has 80 valence electrons. The standard InChI is InChI=1S/C13H15FO/c1-3-4-5-6-13(15)11-8-7-10(2)12(14)9-11/h7-9,13,15H,5-6H2,1-2H3. The van der Waals surface area contributed by atoms with Crippen molar-refractivity contribution in [2.75, 3.05) is 0 Å². The van der Waals surface area contributed by atoms with E-state index in [0.29, 0.717) is 24.0 Å². The third-order valence-corrected chi connectivity index (χ3v) is 2.30. The minimum Gasteiger partial charge on any atom is -0.388 e. The van der Waals surface area contributed by atoms with Gasteiger partial charge in [0.05, 0.1) is 6.10 Å². The number of benzene rings is 1. The molecule has 0 aliphatic rings. The molecule has 0 saturated carbocycles.